The minimum absolute atomic E-state index is 0.152. The number of fused-ring (bicyclic) bond motifs is 1. The number of carbonyl (C=O) groups excluding carboxylic acids is 2. The average Bonchev–Trinajstić information content (AvgIpc) is 3.50. The average molecular weight is 426 g/mol. The Hall–Kier alpha value is -4.13. The molecule has 3 heterocycles. The van der Waals surface area contributed by atoms with Gasteiger partial charge in [-0.25, -0.2) is 0 Å². The first kappa shape index (κ1) is 19.8. The van der Waals surface area contributed by atoms with Crippen LogP contribution in [0.1, 0.15) is 27.4 Å². The zero-order valence-corrected chi connectivity index (χ0v) is 17.4. The molecule has 0 saturated carbocycles. The largest absolute Gasteiger partial charge is 0.459 e. The van der Waals surface area contributed by atoms with Gasteiger partial charge in [0.1, 0.15) is 0 Å². The number of hydrogen-bond acceptors (Lipinski definition) is 4. The molecular weight excluding hydrogens is 404 g/mol. The quantitative estimate of drug-likeness (QED) is 0.504. The molecule has 0 bridgehead atoms. The van der Waals surface area contributed by atoms with E-state index in [4.69, 9.17) is 4.42 Å². The van der Waals surface area contributed by atoms with Crippen molar-refractivity contribution in [3.05, 3.63) is 95.6 Å². The van der Waals surface area contributed by atoms with Crippen molar-refractivity contribution in [2.45, 2.75) is 19.4 Å². The first-order chi connectivity index (χ1) is 15.7. The van der Waals surface area contributed by atoms with E-state index in [2.05, 4.69) is 27.6 Å². The van der Waals surface area contributed by atoms with Gasteiger partial charge in [0.2, 0.25) is 5.91 Å². The Morgan fingerprint density at radius 1 is 1.00 bits per heavy atom. The maximum Gasteiger partial charge on any atom is 0.289 e. The number of carbonyl (C=O) groups is 2. The number of hydrogen-bond donors (Lipinski definition) is 2. The van der Waals surface area contributed by atoms with Crippen molar-refractivity contribution < 1.29 is 14.0 Å². The Morgan fingerprint density at radius 3 is 2.53 bits per heavy atom. The van der Waals surface area contributed by atoms with Crippen molar-refractivity contribution in [3.63, 3.8) is 0 Å². The molecule has 0 spiro atoms. The first-order valence-corrected chi connectivity index (χ1v) is 10.5. The molecule has 0 atom stereocenters. The van der Waals surface area contributed by atoms with E-state index in [1.807, 2.05) is 42.5 Å². The van der Waals surface area contributed by atoms with E-state index < -0.39 is 0 Å². The molecule has 0 fully saturated rings. The van der Waals surface area contributed by atoms with Gasteiger partial charge in [-0.3, -0.25) is 14.7 Å². The fourth-order valence-electron chi connectivity index (χ4n) is 3.94. The molecule has 160 valence electrons. The van der Waals surface area contributed by atoms with Gasteiger partial charge < -0.3 is 14.6 Å². The van der Waals surface area contributed by atoms with Crippen molar-refractivity contribution in [2.75, 3.05) is 11.9 Å². The second kappa shape index (κ2) is 8.55. The molecule has 2 aromatic heterocycles. The number of amides is 2. The third kappa shape index (κ3) is 4.05. The summed E-state index contributed by atoms with van der Waals surface area (Å²) in [5.41, 5.74) is 4.94. The van der Waals surface area contributed by atoms with Crippen LogP contribution in [0.25, 0.3) is 11.1 Å². The number of H-pyrrole nitrogens is 1. The molecular formula is C25H22N4O3. The van der Waals surface area contributed by atoms with Crippen LogP contribution in [-0.4, -0.2) is 33.5 Å². The molecule has 7 nitrogen and oxygen atoms in total. The summed E-state index contributed by atoms with van der Waals surface area (Å²) in [4.78, 5) is 27.0. The van der Waals surface area contributed by atoms with Crippen LogP contribution < -0.4 is 5.32 Å². The van der Waals surface area contributed by atoms with Crippen LogP contribution in [0.3, 0.4) is 0 Å². The maximum atomic E-state index is 12.7. The number of rotatable bonds is 5. The molecule has 2 N–H and O–H groups in total. The molecule has 0 aliphatic carbocycles. The highest BCUT2D eigenvalue weighted by Crippen LogP contribution is 2.25. The zero-order chi connectivity index (χ0) is 21.9. The summed E-state index contributed by atoms with van der Waals surface area (Å²) in [6.07, 6.45) is 2.37. The van der Waals surface area contributed by atoms with Gasteiger partial charge in [-0.1, -0.05) is 54.6 Å². The number of furan rings is 1. The third-order valence-electron chi connectivity index (χ3n) is 5.64. The summed E-state index contributed by atoms with van der Waals surface area (Å²) in [6, 6.07) is 21.4. The van der Waals surface area contributed by atoms with Crippen LogP contribution >= 0.6 is 0 Å². The molecule has 1 aliphatic rings. The zero-order valence-electron chi connectivity index (χ0n) is 17.4. The predicted molar refractivity (Wildman–Crippen MR) is 120 cm³/mol. The lowest BCUT2D eigenvalue weighted by atomic mass is 10.0. The monoisotopic (exact) mass is 426 g/mol. The summed E-state index contributed by atoms with van der Waals surface area (Å²) >= 11 is 0. The lowest BCUT2D eigenvalue weighted by Crippen LogP contribution is -2.36. The number of benzene rings is 2. The highest BCUT2D eigenvalue weighted by molar-refractivity contribution is 5.93. The minimum Gasteiger partial charge on any atom is -0.459 e. The molecule has 2 amide bonds. The number of anilines is 1. The standard InChI is InChI=1S/C25H22N4O3/c30-23(15-17-8-10-19(11-9-17)18-5-2-1-3-6-18)26-24-20-16-29(13-12-21(20)27-28-24)25(31)22-7-4-14-32-22/h1-11,14H,12-13,15-16H2,(H2,26,27,28,30). The van der Waals surface area contributed by atoms with Crippen LogP contribution in [0.15, 0.2) is 77.4 Å². The van der Waals surface area contributed by atoms with Gasteiger partial charge in [0.15, 0.2) is 11.6 Å². The Bertz CT molecular complexity index is 1230. The summed E-state index contributed by atoms with van der Waals surface area (Å²) in [5, 5.41) is 10.2. The van der Waals surface area contributed by atoms with E-state index in [0.29, 0.717) is 31.1 Å². The molecule has 7 heteroatoms. The fraction of sp³-hybridized carbons (Fsp3) is 0.160. The van der Waals surface area contributed by atoms with Crippen LogP contribution in [0, 0.1) is 0 Å². The number of nitrogens with one attached hydrogen (secondary N) is 2. The highest BCUT2D eigenvalue weighted by Gasteiger charge is 2.27. The van der Waals surface area contributed by atoms with Crippen molar-refractivity contribution >= 4 is 17.6 Å². The van der Waals surface area contributed by atoms with Gasteiger partial charge in [-0.15, -0.1) is 0 Å². The van der Waals surface area contributed by atoms with Gasteiger partial charge >= 0.3 is 0 Å². The van der Waals surface area contributed by atoms with E-state index in [0.717, 1.165) is 27.9 Å². The van der Waals surface area contributed by atoms with Gasteiger partial charge in [0.05, 0.1) is 19.2 Å². The van der Waals surface area contributed by atoms with Crippen LogP contribution in [0.5, 0.6) is 0 Å². The SMILES string of the molecule is O=C(Cc1ccc(-c2ccccc2)cc1)Nc1n[nH]c2c1CN(C(=O)c1ccco1)CC2. The molecule has 5 rings (SSSR count). The summed E-state index contributed by atoms with van der Waals surface area (Å²) in [6.45, 7) is 0.933. The molecule has 0 unspecified atom stereocenters. The van der Waals surface area contributed by atoms with E-state index in [1.165, 1.54) is 6.26 Å². The Labute approximate surface area is 185 Å². The fourth-order valence-corrected chi connectivity index (χ4v) is 3.94. The topological polar surface area (TPSA) is 91.2 Å². The van der Waals surface area contributed by atoms with Crippen LogP contribution in [0.4, 0.5) is 5.82 Å². The van der Waals surface area contributed by atoms with E-state index in [-0.39, 0.29) is 18.2 Å². The Kier molecular flexibility index (Phi) is 5.29. The number of nitrogens with zero attached hydrogens (tertiary/aromatic N) is 2. The lowest BCUT2D eigenvalue weighted by molar-refractivity contribution is -0.115. The van der Waals surface area contributed by atoms with Gasteiger partial charge in [0, 0.05) is 24.2 Å². The third-order valence-corrected chi connectivity index (χ3v) is 5.64. The van der Waals surface area contributed by atoms with Crippen molar-refractivity contribution in [1.82, 2.24) is 15.1 Å². The molecule has 2 aromatic carbocycles. The number of aromatic nitrogens is 2. The van der Waals surface area contributed by atoms with Gasteiger partial charge in [-0.2, -0.15) is 5.10 Å². The molecule has 1 aliphatic heterocycles. The normalized spacial score (nSPS) is 12.9. The van der Waals surface area contributed by atoms with Crippen LogP contribution in [-0.2, 0) is 24.2 Å². The smallest absolute Gasteiger partial charge is 0.289 e. The second-order valence-corrected chi connectivity index (χ2v) is 7.77. The second-order valence-electron chi connectivity index (χ2n) is 7.77. The van der Waals surface area contributed by atoms with E-state index >= 15 is 0 Å². The van der Waals surface area contributed by atoms with Crippen molar-refractivity contribution in [2.24, 2.45) is 0 Å². The Balaban J connectivity index is 1.24. The Morgan fingerprint density at radius 2 is 1.78 bits per heavy atom. The van der Waals surface area contributed by atoms with E-state index in [9.17, 15) is 9.59 Å². The summed E-state index contributed by atoms with van der Waals surface area (Å²) in [7, 11) is 0. The van der Waals surface area contributed by atoms with Gasteiger partial charge in [-0.05, 0) is 28.8 Å². The summed E-state index contributed by atoms with van der Waals surface area (Å²) < 4.78 is 5.23. The summed E-state index contributed by atoms with van der Waals surface area (Å²) in [5.74, 6) is 0.461. The minimum atomic E-state index is -0.169. The molecule has 0 radical (unpaired) electrons. The molecule has 4 aromatic rings. The number of aromatic amines is 1. The maximum absolute atomic E-state index is 12.7. The predicted octanol–water partition coefficient (Wildman–Crippen LogP) is 4.05. The highest BCUT2D eigenvalue weighted by atomic mass is 16.3. The first-order valence-electron chi connectivity index (χ1n) is 10.5. The molecule has 32 heavy (non-hydrogen) atoms. The molecule has 0 saturated heterocycles. The van der Waals surface area contributed by atoms with E-state index in [1.54, 1.807) is 17.0 Å². The van der Waals surface area contributed by atoms with Crippen molar-refractivity contribution in [1.29, 1.82) is 0 Å². The van der Waals surface area contributed by atoms with Crippen molar-refractivity contribution in [3.8, 4) is 11.1 Å². The van der Waals surface area contributed by atoms with Crippen LogP contribution in [0.2, 0.25) is 0 Å². The van der Waals surface area contributed by atoms with Gasteiger partial charge in [0.25, 0.3) is 5.91 Å². The lowest BCUT2D eigenvalue weighted by Gasteiger charge is -2.26.